The molecule has 5 nitrogen and oxygen atoms in total. The SMILES string of the molecule is Cc1cc(O[C@@H](C)C(=O)Nc2nnc(SCc3ccccc3)s2)ccc1Cl. The number of hydrogen-bond donors (Lipinski definition) is 1. The number of nitrogens with one attached hydrogen (secondary N) is 1. The van der Waals surface area contributed by atoms with E-state index in [0.717, 1.165) is 15.7 Å². The molecule has 140 valence electrons. The number of aryl methyl sites for hydroxylation is 1. The summed E-state index contributed by atoms with van der Waals surface area (Å²) < 4.78 is 6.48. The van der Waals surface area contributed by atoms with Crippen LogP contribution < -0.4 is 10.1 Å². The van der Waals surface area contributed by atoms with Crippen LogP contribution in [0.3, 0.4) is 0 Å². The minimum Gasteiger partial charge on any atom is -0.481 e. The average molecular weight is 420 g/mol. The number of carbonyl (C=O) groups excluding carboxylic acids is 1. The first-order valence-electron chi connectivity index (χ1n) is 8.25. The van der Waals surface area contributed by atoms with Crippen LogP contribution in [0, 0.1) is 6.92 Å². The third kappa shape index (κ3) is 5.69. The van der Waals surface area contributed by atoms with Gasteiger partial charge in [0.1, 0.15) is 5.75 Å². The maximum atomic E-state index is 12.3. The van der Waals surface area contributed by atoms with Gasteiger partial charge in [0.25, 0.3) is 5.91 Å². The number of rotatable bonds is 7. The second-order valence-electron chi connectivity index (χ2n) is 5.81. The van der Waals surface area contributed by atoms with Crippen molar-refractivity contribution in [2.45, 2.75) is 30.0 Å². The molecule has 1 aromatic heterocycles. The van der Waals surface area contributed by atoms with E-state index in [0.29, 0.717) is 15.9 Å². The van der Waals surface area contributed by atoms with E-state index in [2.05, 4.69) is 27.6 Å². The Morgan fingerprint density at radius 2 is 2.04 bits per heavy atom. The molecule has 0 aliphatic rings. The Bertz CT molecular complexity index is 918. The molecule has 1 amide bonds. The van der Waals surface area contributed by atoms with Crippen LogP contribution in [0.25, 0.3) is 0 Å². The Labute approximate surface area is 171 Å². The third-order valence-electron chi connectivity index (χ3n) is 3.65. The zero-order chi connectivity index (χ0) is 19.2. The molecule has 1 N–H and O–H groups in total. The zero-order valence-corrected chi connectivity index (χ0v) is 17.2. The van der Waals surface area contributed by atoms with E-state index in [-0.39, 0.29) is 5.91 Å². The molecular formula is C19H18ClN3O2S2. The van der Waals surface area contributed by atoms with E-state index >= 15 is 0 Å². The van der Waals surface area contributed by atoms with Gasteiger partial charge in [-0.2, -0.15) is 0 Å². The topological polar surface area (TPSA) is 64.1 Å². The predicted molar refractivity (Wildman–Crippen MR) is 111 cm³/mol. The minimum absolute atomic E-state index is 0.279. The highest BCUT2D eigenvalue weighted by Crippen LogP contribution is 2.28. The van der Waals surface area contributed by atoms with Crippen LogP contribution in [-0.4, -0.2) is 22.2 Å². The van der Waals surface area contributed by atoms with Gasteiger partial charge in [0, 0.05) is 10.8 Å². The largest absolute Gasteiger partial charge is 0.481 e. The van der Waals surface area contributed by atoms with E-state index in [4.69, 9.17) is 16.3 Å². The van der Waals surface area contributed by atoms with Crippen molar-refractivity contribution < 1.29 is 9.53 Å². The van der Waals surface area contributed by atoms with Crippen molar-refractivity contribution in [1.29, 1.82) is 0 Å². The van der Waals surface area contributed by atoms with Gasteiger partial charge in [-0.25, -0.2) is 0 Å². The summed E-state index contributed by atoms with van der Waals surface area (Å²) in [6.45, 7) is 3.57. The average Bonchev–Trinajstić information content (AvgIpc) is 3.11. The number of anilines is 1. The Balaban J connectivity index is 1.52. The van der Waals surface area contributed by atoms with Crippen LogP contribution in [-0.2, 0) is 10.5 Å². The molecule has 0 aliphatic heterocycles. The summed E-state index contributed by atoms with van der Waals surface area (Å²) in [4.78, 5) is 12.3. The fourth-order valence-corrected chi connectivity index (χ4v) is 4.02. The van der Waals surface area contributed by atoms with Gasteiger partial charge in [-0.15, -0.1) is 10.2 Å². The van der Waals surface area contributed by atoms with Crippen LogP contribution in [0.5, 0.6) is 5.75 Å². The van der Waals surface area contributed by atoms with Crippen LogP contribution in [0.15, 0.2) is 52.9 Å². The zero-order valence-electron chi connectivity index (χ0n) is 14.8. The van der Waals surface area contributed by atoms with Crippen molar-refractivity contribution >= 4 is 45.7 Å². The number of ether oxygens (including phenoxy) is 1. The number of benzene rings is 2. The summed E-state index contributed by atoms with van der Waals surface area (Å²) in [6, 6.07) is 15.4. The summed E-state index contributed by atoms with van der Waals surface area (Å²) in [5, 5.41) is 12.0. The van der Waals surface area contributed by atoms with Gasteiger partial charge < -0.3 is 4.74 Å². The number of nitrogens with zero attached hydrogens (tertiary/aromatic N) is 2. The van der Waals surface area contributed by atoms with E-state index in [1.165, 1.54) is 16.9 Å². The fourth-order valence-electron chi connectivity index (χ4n) is 2.19. The molecule has 1 heterocycles. The Morgan fingerprint density at radius 3 is 2.78 bits per heavy atom. The first kappa shape index (κ1) is 19.7. The molecule has 0 saturated heterocycles. The van der Waals surface area contributed by atoms with E-state index in [9.17, 15) is 4.79 Å². The maximum Gasteiger partial charge on any atom is 0.266 e. The van der Waals surface area contributed by atoms with Crippen LogP contribution in [0.4, 0.5) is 5.13 Å². The molecular weight excluding hydrogens is 402 g/mol. The van der Waals surface area contributed by atoms with Crippen molar-refractivity contribution in [2.24, 2.45) is 0 Å². The van der Waals surface area contributed by atoms with Crippen LogP contribution in [0.2, 0.25) is 5.02 Å². The van der Waals surface area contributed by atoms with Crippen molar-refractivity contribution in [1.82, 2.24) is 10.2 Å². The highest BCUT2D eigenvalue weighted by atomic mass is 35.5. The van der Waals surface area contributed by atoms with Crippen LogP contribution >= 0.6 is 34.7 Å². The van der Waals surface area contributed by atoms with Crippen molar-refractivity contribution in [3.8, 4) is 5.75 Å². The molecule has 0 saturated carbocycles. The van der Waals surface area contributed by atoms with E-state index in [1.54, 1.807) is 36.9 Å². The molecule has 1 atom stereocenters. The number of amides is 1. The Morgan fingerprint density at radius 1 is 1.26 bits per heavy atom. The Hall–Kier alpha value is -2.09. The molecule has 27 heavy (non-hydrogen) atoms. The van der Waals surface area contributed by atoms with Gasteiger partial charge in [-0.05, 0) is 43.2 Å². The van der Waals surface area contributed by atoms with Gasteiger partial charge >= 0.3 is 0 Å². The molecule has 2 aromatic carbocycles. The quantitative estimate of drug-likeness (QED) is 0.421. The molecule has 0 spiro atoms. The lowest BCUT2D eigenvalue weighted by Gasteiger charge is -2.14. The highest BCUT2D eigenvalue weighted by Gasteiger charge is 2.17. The summed E-state index contributed by atoms with van der Waals surface area (Å²) in [5.74, 6) is 1.12. The smallest absolute Gasteiger partial charge is 0.266 e. The summed E-state index contributed by atoms with van der Waals surface area (Å²) in [6.07, 6.45) is -0.671. The minimum atomic E-state index is -0.671. The summed E-state index contributed by atoms with van der Waals surface area (Å²) in [5.41, 5.74) is 2.11. The second kappa shape index (κ2) is 9.21. The van der Waals surface area contributed by atoms with Gasteiger partial charge in [0.05, 0.1) is 0 Å². The second-order valence-corrected chi connectivity index (χ2v) is 8.41. The van der Waals surface area contributed by atoms with Gasteiger partial charge in [-0.3, -0.25) is 10.1 Å². The predicted octanol–water partition coefficient (Wildman–Crippen LogP) is 5.20. The Kier molecular flexibility index (Phi) is 6.71. The van der Waals surface area contributed by atoms with E-state index in [1.807, 2.05) is 25.1 Å². The highest BCUT2D eigenvalue weighted by molar-refractivity contribution is 8.00. The van der Waals surface area contributed by atoms with Crippen LogP contribution in [0.1, 0.15) is 18.1 Å². The molecule has 0 radical (unpaired) electrons. The number of halogens is 1. The van der Waals surface area contributed by atoms with Crippen molar-refractivity contribution in [3.63, 3.8) is 0 Å². The summed E-state index contributed by atoms with van der Waals surface area (Å²) in [7, 11) is 0. The van der Waals surface area contributed by atoms with E-state index < -0.39 is 6.10 Å². The number of carbonyl (C=O) groups is 1. The molecule has 0 unspecified atom stereocenters. The molecule has 0 bridgehead atoms. The monoisotopic (exact) mass is 419 g/mol. The maximum absolute atomic E-state index is 12.3. The summed E-state index contributed by atoms with van der Waals surface area (Å²) >= 11 is 8.93. The van der Waals surface area contributed by atoms with Crippen molar-refractivity contribution in [2.75, 3.05) is 5.32 Å². The lowest BCUT2D eigenvalue weighted by molar-refractivity contribution is -0.122. The standard InChI is InChI=1S/C19H18ClN3O2S2/c1-12-10-15(8-9-16(12)20)25-13(2)17(24)21-18-22-23-19(27-18)26-11-14-6-4-3-5-7-14/h3-10,13H,11H2,1-2H3,(H,21,22,24)/t13-/m0/s1. The van der Waals surface area contributed by atoms with Gasteiger partial charge in [0.15, 0.2) is 10.4 Å². The molecule has 0 aliphatic carbocycles. The molecule has 3 aromatic rings. The van der Waals surface area contributed by atoms with Gasteiger partial charge in [0.2, 0.25) is 5.13 Å². The lowest BCUT2D eigenvalue weighted by Crippen LogP contribution is -2.30. The third-order valence-corrected chi connectivity index (χ3v) is 6.12. The van der Waals surface area contributed by atoms with Gasteiger partial charge in [-0.1, -0.05) is 65.0 Å². The molecule has 8 heteroatoms. The van der Waals surface area contributed by atoms with Crippen molar-refractivity contribution in [3.05, 3.63) is 64.7 Å². The number of thioether (sulfide) groups is 1. The fraction of sp³-hybridized carbons (Fsp3) is 0.211. The first-order valence-corrected chi connectivity index (χ1v) is 10.4. The lowest BCUT2D eigenvalue weighted by atomic mass is 10.2. The number of hydrogen-bond acceptors (Lipinski definition) is 6. The molecule has 0 fully saturated rings. The molecule has 3 rings (SSSR count). The normalized spacial score (nSPS) is 11.8. The first-order chi connectivity index (χ1) is 13.0. The number of aromatic nitrogens is 2.